The molecule has 1 nitrogen and oxygen atoms in total. The average Bonchev–Trinajstić information content (AvgIpc) is 2.39. The predicted molar refractivity (Wildman–Crippen MR) is 79.2 cm³/mol. The molecule has 0 bridgehead atoms. The maximum absolute atomic E-state index is 5.91. The van der Waals surface area contributed by atoms with Crippen LogP contribution < -0.4 is 4.74 Å². The fourth-order valence-corrected chi connectivity index (χ4v) is 2.39. The minimum atomic E-state index is 0.447. The van der Waals surface area contributed by atoms with E-state index in [1.807, 2.05) is 18.2 Å². The third-order valence-corrected chi connectivity index (χ3v) is 3.61. The Morgan fingerprint density at radius 1 is 1.11 bits per heavy atom. The van der Waals surface area contributed by atoms with Gasteiger partial charge in [0.05, 0.1) is 10.4 Å². The van der Waals surface area contributed by atoms with Crippen molar-refractivity contribution in [1.29, 1.82) is 0 Å². The Bertz CT molecular complexity index is 523. The van der Waals surface area contributed by atoms with E-state index in [0.29, 0.717) is 12.5 Å². The molecule has 0 heterocycles. The summed E-state index contributed by atoms with van der Waals surface area (Å²) in [5, 5.41) is 0. The predicted octanol–water partition coefficient (Wildman–Crippen LogP) is 5.08. The molecule has 0 radical (unpaired) electrons. The Balaban J connectivity index is 2.12. The van der Waals surface area contributed by atoms with Gasteiger partial charge < -0.3 is 4.74 Å². The first kappa shape index (κ1) is 13.4. The van der Waals surface area contributed by atoms with E-state index >= 15 is 0 Å². The van der Waals surface area contributed by atoms with Gasteiger partial charge in [-0.1, -0.05) is 42.0 Å². The zero-order chi connectivity index (χ0) is 13.0. The maximum atomic E-state index is 5.91. The second-order valence-electron chi connectivity index (χ2n) is 4.14. The smallest absolute Gasteiger partial charge is 0.138 e. The van der Waals surface area contributed by atoms with Gasteiger partial charge in [-0.15, -0.1) is 11.6 Å². The molecule has 0 aliphatic heterocycles. The molecule has 0 N–H and O–H groups in total. The number of aryl methyl sites for hydroxylation is 1. The van der Waals surface area contributed by atoms with Crippen LogP contribution in [-0.2, 0) is 12.5 Å². The summed E-state index contributed by atoms with van der Waals surface area (Å²) in [6, 6.07) is 14.2. The van der Waals surface area contributed by atoms with Crippen molar-refractivity contribution in [2.24, 2.45) is 0 Å². The van der Waals surface area contributed by atoms with Gasteiger partial charge in [0.15, 0.2) is 0 Å². The molecule has 18 heavy (non-hydrogen) atoms. The summed E-state index contributed by atoms with van der Waals surface area (Å²) >= 11 is 9.40. The minimum Gasteiger partial charge on any atom is -0.487 e. The third kappa shape index (κ3) is 3.27. The highest BCUT2D eigenvalue weighted by molar-refractivity contribution is 9.10. The highest BCUT2D eigenvalue weighted by Gasteiger charge is 2.07. The summed E-state index contributed by atoms with van der Waals surface area (Å²) in [5.41, 5.74) is 3.40. The van der Waals surface area contributed by atoms with Crippen molar-refractivity contribution in [3.63, 3.8) is 0 Å². The van der Waals surface area contributed by atoms with Crippen LogP contribution in [0.5, 0.6) is 5.75 Å². The Morgan fingerprint density at radius 2 is 1.83 bits per heavy atom. The Morgan fingerprint density at radius 3 is 2.50 bits per heavy atom. The first-order valence-electron chi connectivity index (χ1n) is 5.72. The average molecular weight is 326 g/mol. The number of halogens is 2. The van der Waals surface area contributed by atoms with Crippen LogP contribution in [0.25, 0.3) is 0 Å². The van der Waals surface area contributed by atoms with Crippen LogP contribution in [0.1, 0.15) is 16.7 Å². The lowest BCUT2D eigenvalue weighted by atomic mass is 10.2. The van der Waals surface area contributed by atoms with Crippen molar-refractivity contribution < 1.29 is 4.74 Å². The van der Waals surface area contributed by atoms with Crippen LogP contribution >= 0.6 is 27.5 Å². The molecule has 2 aromatic rings. The molecular weight excluding hydrogens is 312 g/mol. The topological polar surface area (TPSA) is 9.23 Å². The number of ether oxygens (including phenoxy) is 1. The van der Waals surface area contributed by atoms with Crippen LogP contribution in [-0.4, -0.2) is 0 Å². The zero-order valence-corrected chi connectivity index (χ0v) is 12.5. The van der Waals surface area contributed by atoms with Crippen molar-refractivity contribution in [3.05, 3.63) is 63.6 Å². The molecule has 0 spiro atoms. The van der Waals surface area contributed by atoms with Gasteiger partial charge in [0.1, 0.15) is 12.4 Å². The fourth-order valence-electron chi connectivity index (χ4n) is 1.66. The SMILES string of the molecule is Cc1ccc(COc2c(Br)cccc2CCl)cc1. The fraction of sp³-hybridized carbons (Fsp3) is 0.200. The number of benzene rings is 2. The summed E-state index contributed by atoms with van der Waals surface area (Å²) in [4.78, 5) is 0. The van der Waals surface area contributed by atoms with E-state index in [1.54, 1.807) is 0 Å². The number of rotatable bonds is 4. The number of alkyl halides is 1. The van der Waals surface area contributed by atoms with Crippen LogP contribution in [0.3, 0.4) is 0 Å². The molecule has 2 rings (SSSR count). The molecule has 3 heteroatoms. The lowest BCUT2D eigenvalue weighted by Crippen LogP contribution is -1.98. The van der Waals surface area contributed by atoms with E-state index in [0.717, 1.165) is 21.3 Å². The molecule has 0 aliphatic carbocycles. The van der Waals surface area contributed by atoms with Crippen LogP contribution in [0, 0.1) is 6.92 Å². The summed E-state index contributed by atoms with van der Waals surface area (Å²) in [6.07, 6.45) is 0. The largest absolute Gasteiger partial charge is 0.487 e. The van der Waals surface area contributed by atoms with Crippen LogP contribution in [0.2, 0.25) is 0 Å². The molecule has 0 fully saturated rings. The van der Waals surface area contributed by atoms with Crippen molar-refractivity contribution in [2.75, 3.05) is 0 Å². The number of hydrogen-bond acceptors (Lipinski definition) is 1. The highest BCUT2D eigenvalue weighted by atomic mass is 79.9. The normalized spacial score (nSPS) is 10.4. The number of para-hydroxylation sites is 1. The minimum absolute atomic E-state index is 0.447. The Kier molecular flexibility index (Phi) is 4.67. The first-order valence-corrected chi connectivity index (χ1v) is 7.05. The second kappa shape index (κ2) is 6.26. The van der Waals surface area contributed by atoms with Gasteiger partial charge in [0.2, 0.25) is 0 Å². The summed E-state index contributed by atoms with van der Waals surface area (Å²) in [7, 11) is 0. The Hall–Kier alpha value is -0.990. The highest BCUT2D eigenvalue weighted by Crippen LogP contribution is 2.30. The number of hydrogen-bond donors (Lipinski definition) is 0. The molecule has 0 saturated carbocycles. The third-order valence-electron chi connectivity index (χ3n) is 2.70. The zero-order valence-electron chi connectivity index (χ0n) is 10.1. The maximum Gasteiger partial charge on any atom is 0.138 e. The van der Waals surface area contributed by atoms with Crippen molar-refractivity contribution >= 4 is 27.5 Å². The molecular formula is C15H14BrClO. The van der Waals surface area contributed by atoms with E-state index < -0.39 is 0 Å². The van der Waals surface area contributed by atoms with Gasteiger partial charge in [-0.25, -0.2) is 0 Å². The Labute approximate surface area is 121 Å². The van der Waals surface area contributed by atoms with Crippen molar-refractivity contribution in [2.45, 2.75) is 19.4 Å². The van der Waals surface area contributed by atoms with Crippen molar-refractivity contribution in [1.82, 2.24) is 0 Å². The monoisotopic (exact) mass is 324 g/mol. The molecule has 0 aliphatic rings. The summed E-state index contributed by atoms with van der Waals surface area (Å²) in [6.45, 7) is 2.62. The van der Waals surface area contributed by atoms with Crippen molar-refractivity contribution in [3.8, 4) is 5.75 Å². The van der Waals surface area contributed by atoms with E-state index in [1.165, 1.54) is 5.56 Å². The van der Waals surface area contributed by atoms with E-state index in [-0.39, 0.29) is 0 Å². The summed E-state index contributed by atoms with van der Waals surface area (Å²) in [5.74, 6) is 1.27. The molecule has 0 unspecified atom stereocenters. The molecule has 2 aromatic carbocycles. The quantitative estimate of drug-likeness (QED) is 0.713. The standard InChI is InChI=1S/C15H14BrClO/c1-11-5-7-12(8-6-11)10-18-15-13(9-17)3-2-4-14(15)16/h2-8H,9-10H2,1H3. The van der Waals surface area contributed by atoms with E-state index in [4.69, 9.17) is 16.3 Å². The molecule has 0 saturated heterocycles. The molecule has 94 valence electrons. The van der Waals surface area contributed by atoms with Gasteiger partial charge >= 0.3 is 0 Å². The van der Waals surface area contributed by atoms with Gasteiger partial charge in [0.25, 0.3) is 0 Å². The molecule has 0 amide bonds. The van der Waals surface area contributed by atoms with E-state index in [2.05, 4.69) is 47.1 Å². The molecule has 0 aromatic heterocycles. The first-order chi connectivity index (χ1) is 8.70. The van der Waals surface area contributed by atoms with Gasteiger partial charge in [-0.05, 0) is 34.5 Å². The van der Waals surface area contributed by atoms with Crippen LogP contribution in [0.15, 0.2) is 46.9 Å². The summed E-state index contributed by atoms with van der Waals surface area (Å²) < 4.78 is 6.79. The molecule has 0 atom stereocenters. The lowest BCUT2D eigenvalue weighted by molar-refractivity contribution is 0.302. The van der Waals surface area contributed by atoms with Gasteiger partial charge in [-0.2, -0.15) is 0 Å². The lowest BCUT2D eigenvalue weighted by Gasteiger charge is -2.12. The van der Waals surface area contributed by atoms with Gasteiger partial charge in [0, 0.05) is 5.56 Å². The van der Waals surface area contributed by atoms with Gasteiger partial charge in [-0.3, -0.25) is 0 Å². The second-order valence-corrected chi connectivity index (χ2v) is 5.26. The van der Waals surface area contributed by atoms with Crippen LogP contribution in [0.4, 0.5) is 0 Å². The van der Waals surface area contributed by atoms with E-state index in [9.17, 15) is 0 Å².